The lowest BCUT2D eigenvalue weighted by Crippen LogP contribution is -2.29. The van der Waals surface area contributed by atoms with E-state index in [9.17, 15) is 26.3 Å². The maximum atomic E-state index is 12.8. The summed E-state index contributed by atoms with van der Waals surface area (Å²) in [6.07, 6.45) is -9.75. The normalized spacial score (nSPS) is 12.3. The Hall–Kier alpha value is -1.65. The van der Waals surface area contributed by atoms with Crippen LogP contribution in [0.1, 0.15) is 16.7 Å². The smallest absolute Gasteiger partial charge is 0.423 e. The third kappa shape index (κ3) is 5.42. The van der Waals surface area contributed by atoms with Crippen LogP contribution in [-0.4, -0.2) is 17.2 Å². The van der Waals surface area contributed by atoms with Crippen LogP contribution >= 0.6 is 11.8 Å². The number of benzene rings is 2. The lowest BCUT2D eigenvalue weighted by molar-refractivity contribution is -0.143. The SMILES string of the molecule is OB(O)c1ccc(SCc2cc(C(F)(F)F)cc(C(F)(F)F)c2)cc1. The fourth-order valence-electron chi connectivity index (χ4n) is 2.01. The summed E-state index contributed by atoms with van der Waals surface area (Å²) >= 11 is 1.03. The standard InChI is InChI=1S/C15H11BF6O2S/c17-14(18,19)10-5-9(6-11(7-10)15(20,21)22)8-25-13-3-1-12(2-4-13)16(23)24/h1-7,23-24H,8H2. The van der Waals surface area contributed by atoms with Gasteiger partial charge in [-0.25, -0.2) is 0 Å². The molecule has 10 heteroatoms. The summed E-state index contributed by atoms with van der Waals surface area (Å²) in [5.41, 5.74) is -2.59. The van der Waals surface area contributed by atoms with Gasteiger partial charge in [0.15, 0.2) is 0 Å². The Morgan fingerprint density at radius 3 is 1.68 bits per heavy atom. The first-order chi connectivity index (χ1) is 11.5. The molecule has 0 spiro atoms. The van der Waals surface area contributed by atoms with E-state index in [1.165, 1.54) is 24.3 Å². The molecule has 2 nitrogen and oxygen atoms in total. The number of alkyl halides is 6. The quantitative estimate of drug-likeness (QED) is 0.483. The van der Waals surface area contributed by atoms with Crippen molar-refractivity contribution in [3.63, 3.8) is 0 Å². The monoisotopic (exact) mass is 380 g/mol. The Labute approximate surface area is 143 Å². The third-order valence-corrected chi connectivity index (χ3v) is 4.31. The Balaban J connectivity index is 2.23. The molecule has 0 atom stereocenters. The fraction of sp³-hybridized carbons (Fsp3) is 0.200. The van der Waals surface area contributed by atoms with Crippen molar-refractivity contribution in [2.75, 3.05) is 0 Å². The zero-order valence-electron chi connectivity index (χ0n) is 12.4. The van der Waals surface area contributed by atoms with Gasteiger partial charge in [0.2, 0.25) is 0 Å². The molecule has 0 radical (unpaired) electrons. The summed E-state index contributed by atoms with van der Waals surface area (Å²) < 4.78 is 76.8. The Bertz CT molecular complexity index is 696. The number of rotatable bonds is 4. The average Bonchev–Trinajstić information content (AvgIpc) is 2.51. The minimum Gasteiger partial charge on any atom is -0.423 e. The highest BCUT2D eigenvalue weighted by Gasteiger charge is 2.36. The van der Waals surface area contributed by atoms with Crippen molar-refractivity contribution in [3.8, 4) is 0 Å². The van der Waals surface area contributed by atoms with Crippen LogP contribution < -0.4 is 5.46 Å². The van der Waals surface area contributed by atoms with E-state index in [1.807, 2.05) is 0 Å². The van der Waals surface area contributed by atoms with Crippen molar-refractivity contribution in [2.24, 2.45) is 0 Å². The molecule has 0 aliphatic carbocycles. The second-order valence-corrected chi connectivity index (χ2v) is 6.19. The van der Waals surface area contributed by atoms with Crippen LogP contribution in [0.2, 0.25) is 0 Å². The maximum absolute atomic E-state index is 12.8. The van der Waals surface area contributed by atoms with Crippen LogP contribution in [0.25, 0.3) is 0 Å². The zero-order chi connectivity index (χ0) is 18.8. The molecule has 0 heterocycles. The topological polar surface area (TPSA) is 40.5 Å². The van der Waals surface area contributed by atoms with Gasteiger partial charge in [-0.05, 0) is 41.4 Å². The number of thioether (sulfide) groups is 1. The first-order valence-corrected chi connectivity index (χ1v) is 7.82. The van der Waals surface area contributed by atoms with Crippen molar-refractivity contribution >= 4 is 24.3 Å². The summed E-state index contributed by atoms with van der Waals surface area (Å²) in [4.78, 5) is 0.565. The predicted molar refractivity (Wildman–Crippen MR) is 82.3 cm³/mol. The third-order valence-electron chi connectivity index (χ3n) is 3.23. The molecule has 2 aromatic carbocycles. The average molecular weight is 380 g/mol. The van der Waals surface area contributed by atoms with E-state index in [-0.39, 0.29) is 22.8 Å². The van der Waals surface area contributed by atoms with Gasteiger partial charge in [-0.1, -0.05) is 12.1 Å². The first-order valence-electron chi connectivity index (χ1n) is 6.84. The highest BCUT2D eigenvalue weighted by molar-refractivity contribution is 7.98. The van der Waals surface area contributed by atoms with Gasteiger partial charge in [-0.2, -0.15) is 26.3 Å². The molecule has 2 rings (SSSR count). The molecular formula is C15H11BF6O2S. The van der Waals surface area contributed by atoms with Gasteiger partial charge in [0.1, 0.15) is 0 Å². The van der Waals surface area contributed by atoms with Crippen molar-refractivity contribution in [1.82, 2.24) is 0 Å². The number of hydrogen-bond acceptors (Lipinski definition) is 3. The largest absolute Gasteiger partial charge is 0.488 e. The summed E-state index contributed by atoms with van der Waals surface area (Å²) in [6.45, 7) is 0. The van der Waals surface area contributed by atoms with E-state index in [4.69, 9.17) is 10.0 Å². The molecule has 0 saturated heterocycles. The first kappa shape index (κ1) is 19.7. The van der Waals surface area contributed by atoms with Crippen LogP contribution in [0.4, 0.5) is 26.3 Å². The van der Waals surface area contributed by atoms with Gasteiger partial charge in [0.25, 0.3) is 0 Å². The Morgan fingerprint density at radius 1 is 0.800 bits per heavy atom. The van der Waals surface area contributed by atoms with Crippen LogP contribution in [0, 0.1) is 0 Å². The zero-order valence-corrected chi connectivity index (χ0v) is 13.2. The molecule has 0 saturated carbocycles. The molecule has 2 N–H and O–H groups in total. The molecular weight excluding hydrogens is 369 g/mol. The van der Waals surface area contributed by atoms with Crippen molar-refractivity contribution in [1.29, 1.82) is 0 Å². The van der Waals surface area contributed by atoms with Crippen LogP contribution in [-0.2, 0) is 18.1 Å². The second kappa shape index (κ2) is 7.31. The van der Waals surface area contributed by atoms with Gasteiger partial charge in [0.05, 0.1) is 11.1 Å². The maximum Gasteiger partial charge on any atom is 0.488 e. The summed E-state index contributed by atoms with van der Waals surface area (Å²) in [5.74, 6) is -0.103. The molecule has 0 aromatic heterocycles. The Kier molecular flexibility index (Phi) is 5.75. The van der Waals surface area contributed by atoms with Gasteiger partial charge in [-0.3, -0.25) is 0 Å². The minimum absolute atomic E-state index is 0.0889. The van der Waals surface area contributed by atoms with Crippen molar-refractivity contribution in [2.45, 2.75) is 23.0 Å². The van der Waals surface area contributed by atoms with Crippen LogP contribution in [0.3, 0.4) is 0 Å². The molecule has 0 bridgehead atoms. The van der Waals surface area contributed by atoms with Gasteiger partial charge in [-0.15, -0.1) is 11.8 Å². The molecule has 0 fully saturated rings. The fourth-order valence-corrected chi connectivity index (χ4v) is 2.83. The summed E-state index contributed by atoms with van der Waals surface area (Å²) in [6, 6.07) is 7.27. The molecule has 2 aromatic rings. The van der Waals surface area contributed by atoms with E-state index in [0.717, 1.165) is 11.8 Å². The molecule has 0 aliphatic rings. The predicted octanol–water partition coefficient (Wildman–Crippen LogP) is 3.70. The van der Waals surface area contributed by atoms with E-state index in [2.05, 4.69) is 0 Å². The Morgan fingerprint density at radius 2 is 1.28 bits per heavy atom. The van der Waals surface area contributed by atoms with E-state index in [0.29, 0.717) is 17.0 Å². The van der Waals surface area contributed by atoms with Gasteiger partial charge >= 0.3 is 19.5 Å². The summed E-state index contributed by atoms with van der Waals surface area (Å²) in [5, 5.41) is 17.9. The van der Waals surface area contributed by atoms with E-state index >= 15 is 0 Å². The molecule has 134 valence electrons. The lowest BCUT2D eigenvalue weighted by atomic mass is 9.81. The van der Waals surface area contributed by atoms with Gasteiger partial charge < -0.3 is 10.0 Å². The highest BCUT2D eigenvalue weighted by atomic mass is 32.2. The molecule has 25 heavy (non-hydrogen) atoms. The molecule has 0 unspecified atom stereocenters. The minimum atomic E-state index is -4.88. The van der Waals surface area contributed by atoms with Crippen LogP contribution in [0.15, 0.2) is 47.4 Å². The van der Waals surface area contributed by atoms with Crippen LogP contribution in [0.5, 0.6) is 0 Å². The number of halogens is 6. The van der Waals surface area contributed by atoms with Crippen molar-refractivity contribution < 1.29 is 36.4 Å². The molecule has 0 amide bonds. The summed E-state index contributed by atoms with van der Waals surface area (Å²) in [7, 11) is -1.66. The molecule has 0 aliphatic heterocycles. The highest BCUT2D eigenvalue weighted by Crippen LogP contribution is 2.37. The van der Waals surface area contributed by atoms with Crippen molar-refractivity contribution in [3.05, 3.63) is 59.2 Å². The van der Waals surface area contributed by atoms with E-state index in [1.54, 1.807) is 0 Å². The number of hydrogen-bond donors (Lipinski definition) is 2. The second-order valence-electron chi connectivity index (χ2n) is 5.15. The van der Waals surface area contributed by atoms with E-state index < -0.39 is 30.6 Å². The van der Waals surface area contributed by atoms with Gasteiger partial charge in [0, 0.05) is 10.6 Å². The lowest BCUT2D eigenvalue weighted by Gasteiger charge is -2.14.